The summed E-state index contributed by atoms with van der Waals surface area (Å²) in [5.41, 5.74) is 1.48. The summed E-state index contributed by atoms with van der Waals surface area (Å²) in [6.45, 7) is 1.65. The van der Waals surface area contributed by atoms with E-state index in [9.17, 15) is 12.8 Å². The molecule has 25 heavy (non-hydrogen) atoms. The van der Waals surface area contributed by atoms with Crippen molar-refractivity contribution >= 4 is 31.6 Å². The number of nitriles is 1. The molecule has 8 heteroatoms. The van der Waals surface area contributed by atoms with Gasteiger partial charge in [-0.25, -0.2) is 12.8 Å². The summed E-state index contributed by atoms with van der Waals surface area (Å²) in [5, 5.41) is 8.93. The Bertz CT molecular complexity index is 935. The number of nitrogens with zero attached hydrogens (tertiary/aromatic N) is 3. The van der Waals surface area contributed by atoms with Crippen molar-refractivity contribution in [3.63, 3.8) is 0 Å². The van der Waals surface area contributed by atoms with E-state index in [1.165, 1.54) is 22.5 Å². The number of hydrogen-bond acceptors (Lipinski definition) is 4. The number of hydrogen-bond donors (Lipinski definition) is 0. The highest BCUT2D eigenvalue weighted by atomic mass is 79.9. The number of sulfonamides is 1. The van der Waals surface area contributed by atoms with Crippen LogP contribution < -0.4 is 4.90 Å². The lowest BCUT2D eigenvalue weighted by atomic mass is 10.2. The average Bonchev–Trinajstić information content (AvgIpc) is 2.61. The van der Waals surface area contributed by atoms with Gasteiger partial charge in [-0.3, -0.25) is 0 Å². The highest BCUT2D eigenvalue weighted by Crippen LogP contribution is 2.29. The van der Waals surface area contributed by atoms with E-state index in [1.807, 2.05) is 6.07 Å². The number of halogens is 2. The Morgan fingerprint density at radius 1 is 1.08 bits per heavy atom. The molecule has 2 aromatic carbocycles. The molecule has 0 saturated carbocycles. The van der Waals surface area contributed by atoms with Gasteiger partial charge in [0.25, 0.3) is 0 Å². The van der Waals surface area contributed by atoms with E-state index in [0.29, 0.717) is 31.7 Å². The van der Waals surface area contributed by atoms with E-state index in [1.54, 1.807) is 12.1 Å². The van der Waals surface area contributed by atoms with Crippen LogP contribution in [0.1, 0.15) is 5.56 Å². The smallest absolute Gasteiger partial charge is 0.243 e. The second-order valence-corrected chi connectivity index (χ2v) is 8.42. The summed E-state index contributed by atoms with van der Waals surface area (Å²) in [6.07, 6.45) is 0. The number of benzene rings is 2. The molecule has 0 N–H and O–H groups in total. The zero-order valence-corrected chi connectivity index (χ0v) is 15.6. The summed E-state index contributed by atoms with van der Waals surface area (Å²) in [7, 11) is -3.70. The van der Waals surface area contributed by atoms with Crippen LogP contribution >= 0.6 is 15.9 Å². The van der Waals surface area contributed by atoms with E-state index in [0.717, 1.165) is 16.2 Å². The SMILES string of the molecule is N#Cc1ccc(N2CCN(S(=O)(=O)c3cccc(F)c3)CC2)c(Br)c1. The Hall–Kier alpha value is -1.95. The van der Waals surface area contributed by atoms with Crippen molar-refractivity contribution in [2.75, 3.05) is 31.1 Å². The van der Waals surface area contributed by atoms with Crippen molar-refractivity contribution < 1.29 is 12.8 Å². The summed E-state index contributed by atoms with van der Waals surface area (Å²) in [5.74, 6) is -0.568. The molecular weight excluding hydrogens is 409 g/mol. The van der Waals surface area contributed by atoms with Gasteiger partial charge in [-0.05, 0) is 52.3 Å². The van der Waals surface area contributed by atoms with E-state index in [-0.39, 0.29) is 4.90 Å². The summed E-state index contributed by atoms with van der Waals surface area (Å²) >= 11 is 3.46. The van der Waals surface area contributed by atoms with E-state index in [2.05, 4.69) is 26.9 Å². The van der Waals surface area contributed by atoms with Crippen molar-refractivity contribution in [2.45, 2.75) is 4.90 Å². The molecule has 1 fully saturated rings. The van der Waals surface area contributed by atoms with Gasteiger partial charge in [0, 0.05) is 30.7 Å². The van der Waals surface area contributed by atoms with Crippen molar-refractivity contribution in [1.82, 2.24) is 4.31 Å². The molecule has 1 aliphatic heterocycles. The molecule has 0 amide bonds. The Morgan fingerprint density at radius 2 is 1.80 bits per heavy atom. The van der Waals surface area contributed by atoms with Gasteiger partial charge >= 0.3 is 0 Å². The lowest BCUT2D eigenvalue weighted by Gasteiger charge is -2.35. The minimum Gasteiger partial charge on any atom is -0.368 e. The molecule has 2 aromatic rings. The van der Waals surface area contributed by atoms with Crippen molar-refractivity contribution in [2.24, 2.45) is 0 Å². The monoisotopic (exact) mass is 423 g/mol. The first-order valence-electron chi connectivity index (χ1n) is 7.62. The maximum Gasteiger partial charge on any atom is 0.243 e. The highest BCUT2D eigenvalue weighted by molar-refractivity contribution is 9.10. The van der Waals surface area contributed by atoms with Crippen LogP contribution in [-0.4, -0.2) is 38.9 Å². The molecule has 0 unspecified atom stereocenters. The molecule has 5 nitrogen and oxygen atoms in total. The standard InChI is InChI=1S/C17H15BrFN3O2S/c18-16-10-13(12-20)4-5-17(16)21-6-8-22(9-7-21)25(23,24)15-3-1-2-14(19)11-15/h1-5,10-11H,6-9H2. The number of piperazine rings is 1. The first-order valence-corrected chi connectivity index (χ1v) is 9.85. The fraction of sp³-hybridized carbons (Fsp3) is 0.235. The Morgan fingerprint density at radius 3 is 2.40 bits per heavy atom. The van der Waals surface area contributed by atoms with Crippen molar-refractivity contribution in [3.05, 3.63) is 58.3 Å². The van der Waals surface area contributed by atoms with Crippen molar-refractivity contribution in [3.8, 4) is 6.07 Å². The van der Waals surface area contributed by atoms with Crippen LogP contribution in [0.25, 0.3) is 0 Å². The lowest BCUT2D eigenvalue weighted by molar-refractivity contribution is 0.384. The van der Waals surface area contributed by atoms with E-state index >= 15 is 0 Å². The minimum atomic E-state index is -3.70. The van der Waals surface area contributed by atoms with Crippen LogP contribution in [0.15, 0.2) is 51.8 Å². The van der Waals surface area contributed by atoms with Crippen molar-refractivity contribution in [1.29, 1.82) is 5.26 Å². The third-order valence-electron chi connectivity index (χ3n) is 4.09. The zero-order valence-electron chi connectivity index (χ0n) is 13.2. The Labute approximate surface area is 154 Å². The van der Waals surface area contributed by atoms with Gasteiger partial charge in [-0.15, -0.1) is 0 Å². The average molecular weight is 424 g/mol. The molecule has 130 valence electrons. The van der Waals surface area contributed by atoms with Gasteiger partial charge < -0.3 is 4.90 Å². The maximum absolute atomic E-state index is 13.3. The van der Waals surface area contributed by atoms with Crippen LogP contribution in [0.2, 0.25) is 0 Å². The molecule has 0 aromatic heterocycles. The molecule has 0 aliphatic carbocycles. The Kier molecular flexibility index (Phi) is 5.08. The largest absolute Gasteiger partial charge is 0.368 e. The molecule has 3 rings (SSSR count). The molecule has 0 atom stereocenters. The van der Waals surface area contributed by atoms with Gasteiger partial charge in [0.2, 0.25) is 10.0 Å². The highest BCUT2D eigenvalue weighted by Gasteiger charge is 2.29. The third-order valence-corrected chi connectivity index (χ3v) is 6.62. The number of anilines is 1. The van der Waals surface area contributed by atoms with Gasteiger partial charge in [0.1, 0.15) is 5.82 Å². The lowest BCUT2D eigenvalue weighted by Crippen LogP contribution is -2.48. The second kappa shape index (κ2) is 7.12. The third kappa shape index (κ3) is 3.68. The van der Waals surface area contributed by atoms with Gasteiger partial charge in [0.15, 0.2) is 0 Å². The zero-order chi connectivity index (χ0) is 18.0. The first-order chi connectivity index (χ1) is 11.9. The molecule has 0 radical (unpaired) electrons. The predicted molar refractivity (Wildman–Crippen MR) is 96.2 cm³/mol. The number of rotatable bonds is 3. The van der Waals surface area contributed by atoms with Gasteiger partial charge in [-0.1, -0.05) is 6.07 Å². The topological polar surface area (TPSA) is 64.4 Å². The molecule has 1 saturated heterocycles. The summed E-state index contributed by atoms with van der Waals surface area (Å²) in [6, 6.07) is 12.5. The van der Waals surface area contributed by atoms with Gasteiger partial charge in [0.05, 0.1) is 22.2 Å². The second-order valence-electron chi connectivity index (χ2n) is 5.63. The van der Waals surface area contributed by atoms with Crippen LogP contribution in [0.3, 0.4) is 0 Å². The fourth-order valence-electron chi connectivity index (χ4n) is 2.78. The summed E-state index contributed by atoms with van der Waals surface area (Å²) < 4.78 is 40.8. The normalized spacial score (nSPS) is 15.8. The van der Waals surface area contributed by atoms with Crippen LogP contribution in [0.5, 0.6) is 0 Å². The molecule has 1 heterocycles. The van der Waals surface area contributed by atoms with E-state index < -0.39 is 15.8 Å². The Balaban J connectivity index is 1.75. The molecule has 0 bridgehead atoms. The predicted octanol–water partition coefficient (Wildman–Crippen LogP) is 2.97. The fourth-order valence-corrected chi connectivity index (χ4v) is 4.86. The quantitative estimate of drug-likeness (QED) is 0.760. The van der Waals surface area contributed by atoms with Gasteiger partial charge in [-0.2, -0.15) is 9.57 Å². The minimum absolute atomic E-state index is 0.0273. The van der Waals surface area contributed by atoms with Crippen LogP contribution in [-0.2, 0) is 10.0 Å². The summed E-state index contributed by atoms with van der Waals surface area (Å²) in [4.78, 5) is 2.03. The molecular formula is C17H15BrFN3O2S. The molecule has 1 aliphatic rings. The maximum atomic E-state index is 13.3. The molecule has 0 spiro atoms. The first kappa shape index (κ1) is 17.9. The van der Waals surface area contributed by atoms with Crippen LogP contribution in [0.4, 0.5) is 10.1 Å². The van der Waals surface area contributed by atoms with Crippen LogP contribution in [0, 0.1) is 17.1 Å². The van der Waals surface area contributed by atoms with E-state index in [4.69, 9.17) is 5.26 Å².